The Morgan fingerprint density at radius 1 is 0.463 bits per heavy atom. The second-order valence-corrected chi connectivity index (χ2v) is 14.6. The number of para-hydroxylation sites is 2. The maximum absolute atomic E-state index is 2.59. The van der Waals surface area contributed by atoms with Crippen LogP contribution in [0.4, 0.5) is 11.4 Å². The van der Waals surface area contributed by atoms with Crippen molar-refractivity contribution in [3.8, 4) is 16.8 Å². The summed E-state index contributed by atoms with van der Waals surface area (Å²) in [5, 5.41) is 9.14. The highest BCUT2D eigenvalue weighted by molar-refractivity contribution is 6.25. The van der Waals surface area contributed by atoms with Gasteiger partial charge in [0.15, 0.2) is 0 Å². The molecule has 1 aromatic heterocycles. The highest BCUT2D eigenvalue weighted by atomic mass is 15.2. The molecule has 1 aliphatic heterocycles. The van der Waals surface area contributed by atoms with Crippen molar-refractivity contribution >= 4 is 60.7 Å². The van der Waals surface area contributed by atoms with E-state index >= 15 is 0 Å². The molecule has 8 aromatic carbocycles. The van der Waals surface area contributed by atoms with Gasteiger partial charge in [-0.15, -0.1) is 0 Å². The number of aromatic nitrogens is 1. The van der Waals surface area contributed by atoms with Gasteiger partial charge in [-0.1, -0.05) is 166 Å². The third kappa shape index (κ3) is 5.01. The largest absolute Gasteiger partial charge is 0.333 e. The first-order valence-electron chi connectivity index (χ1n) is 19.4. The van der Waals surface area contributed by atoms with E-state index in [-0.39, 0.29) is 12.0 Å². The van der Waals surface area contributed by atoms with E-state index in [1.165, 1.54) is 101 Å². The van der Waals surface area contributed by atoms with Crippen LogP contribution in [0.2, 0.25) is 0 Å². The summed E-state index contributed by atoms with van der Waals surface area (Å²) >= 11 is 0. The van der Waals surface area contributed by atoms with Gasteiger partial charge in [0.1, 0.15) is 0 Å². The van der Waals surface area contributed by atoms with Crippen LogP contribution in [0.15, 0.2) is 176 Å². The lowest BCUT2D eigenvalue weighted by atomic mass is 9.82. The lowest BCUT2D eigenvalue weighted by Crippen LogP contribution is -2.30. The average molecular weight is 695 g/mol. The van der Waals surface area contributed by atoms with E-state index in [0.717, 1.165) is 0 Å². The number of fused-ring (bicyclic) bond motifs is 13. The van der Waals surface area contributed by atoms with E-state index in [1.54, 1.807) is 0 Å². The number of nitrogens with zero attached hydrogens (tertiary/aromatic N) is 2. The Labute approximate surface area is 317 Å². The molecule has 9 aromatic rings. The molecule has 260 valence electrons. The maximum atomic E-state index is 2.59. The third-order valence-corrected chi connectivity index (χ3v) is 11.6. The summed E-state index contributed by atoms with van der Waals surface area (Å²) in [5.41, 5.74) is 11.4. The minimum Gasteiger partial charge on any atom is -0.333 e. The van der Waals surface area contributed by atoms with Crippen molar-refractivity contribution in [1.29, 1.82) is 0 Å². The molecule has 2 aliphatic rings. The molecule has 11 rings (SSSR count). The van der Waals surface area contributed by atoms with Gasteiger partial charge in [0.25, 0.3) is 0 Å². The summed E-state index contributed by atoms with van der Waals surface area (Å²) in [5.74, 6) is 0.193. The quantitative estimate of drug-likeness (QED) is 0.167. The van der Waals surface area contributed by atoms with E-state index in [2.05, 4.69) is 205 Å². The van der Waals surface area contributed by atoms with Crippen molar-refractivity contribution in [3.05, 3.63) is 193 Å². The van der Waals surface area contributed by atoms with Crippen molar-refractivity contribution in [3.63, 3.8) is 0 Å². The van der Waals surface area contributed by atoms with Crippen LogP contribution in [0, 0.1) is 0 Å². The molecule has 2 nitrogen and oxygen atoms in total. The summed E-state index contributed by atoms with van der Waals surface area (Å²) in [6.45, 7) is 4.36. The smallest absolute Gasteiger partial charge is 0.0637 e. The standard InChI is InChI=1S/C48H32N2.C4H10/c1-2-13-31(14-3-1)32-15-12-16-33(29-32)49-43-23-10-8-21-40(43)47-45(49)27-28-46-48(47)41-22-9-11-24-44(41)50(46)34-25-26-39-37-19-5-4-17-35(37)36-18-6-7-20-38(36)42(39)30-34;1-3-4-2/h1-30,46,48H;3-4H2,1-2H3. The van der Waals surface area contributed by atoms with Gasteiger partial charge in [0, 0.05) is 28.4 Å². The molecular formula is C52H42N2. The molecule has 0 N–H and O–H groups in total. The Bertz CT molecular complexity index is 2840. The number of benzene rings is 8. The van der Waals surface area contributed by atoms with Gasteiger partial charge in [-0.3, -0.25) is 0 Å². The van der Waals surface area contributed by atoms with Crippen LogP contribution in [0.5, 0.6) is 0 Å². The maximum Gasteiger partial charge on any atom is 0.0637 e. The predicted molar refractivity (Wildman–Crippen MR) is 231 cm³/mol. The highest BCUT2D eigenvalue weighted by Crippen LogP contribution is 2.54. The normalized spacial score (nSPS) is 15.6. The molecular weight excluding hydrogens is 653 g/mol. The first-order chi connectivity index (χ1) is 26.7. The fourth-order valence-corrected chi connectivity index (χ4v) is 9.04. The topological polar surface area (TPSA) is 8.17 Å². The lowest BCUT2D eigenvalue weighted by molar-refractivity contribution is 0.726. The molecule has 0 fully saturated rings. The Morgan fingerprint density at radius 2 is 1.06 bits per heavy atom. The molecule has 2 atom stereocenters. The lowest BCUT2D eigenvalue weighted by Gasteiger charge is -2.31. The summed E-state index contributed by atoms with van der Waals surface area (Å²) in [6.07, 6.45) is 7.47. The zero-order chi connectivity index (χ0) is 36.2. The summed E-state index contributed by atoms with van der Waals surface area (Å²) < 4.78 is 2.47. The molecule has 2 unspecified atom stereocenters. The van der Waals surface area contributed by atoms with E-state index in [1.807, 2.05) is 0 Å². The number of hydrogen-bond acceptors (Lipinski definition) is 1. The van der Waals surface area contributed by atoms with Crippen LogP contribution in [-0.2, 0) is 0 Å². The number of hydrogen-bond donors (Lipinski definition) is 0. The molecule has 0 bridgehead atoms. The van der Waals surface area contributed by atoms with Crippen LogP contribution in [0.1, 0.15) is 49.4 Å². The van der Waals surface area contributed by atoms with E-state index in [0.29, 0.717) is 0 Å². The van der Waals surface area contributed by atoms with Gasteiger partial charge in [-0.05, 0) is 97.0 Å². The van der Waals surface area contributed by atoms with Crippen molar-refractivity contribution in [2.24, 2.45) is 0 Å². The SMILES string of the molecule is C1=CC2C(c3ccccc3N2c2ccc3c4ccccc4c4ccccc4c3c2)c2c1n(-c1cccc(-c3ccccc3)c1)c1ccccc21.CCCC. The van der Waals surface area contributed by atoms with Crippen LogP contribution in [0.25, 0.3) is 66.1 Å². The van der Waals surface area contributed by atoms with Gasteiger partial charge in [0.05, 0.1) is 17.3 Å². The fraction of sp³-hybridized carbons (Fsp3) is 0.115. The van der Waals surface area contributed by atoms with Crippen LogP contribution >= 0.6 is 0 Å². The summed E-state index contributed by atoms with van der Waals surface area (Å²) in [4.78, 5) is 2.59. The molecule has 0 amide bonds. The molecule has 2 heteroatoms. The Morgan fingerprint density at radius 3 is 1.78 bits per heavy atom. The highest BCUT2D eigenvalue weighted by Gasteiger charge is 2.43. The number of rotatable bonds is 4. The van der Waals surface area contributed by atoms with Gasteiger partial charge in [-0.25, -0.2) is 0 Å². The minimum atomic E-state index is 0.152. The van der Waals surface area contributed by atoms with Crippen molar-refractivity contribution in [2.75, 3.05) is 4.90 Å². The first kappa shape index (κ1) is 32.3. The second kappa shape index (κ2) is 13.2. The summed E-state index contributed by atoms with van der Waals surface area (Å²) in [6, 6.07) is 62.7. The van der Waals surface area contributed by atoms with Crippen LogP contribution in [-0.4, -0.2) is 10.6 Å². The van der Waals surface area contributed by atoms with Gasteiger partial charge in [0.2, 0.25) is 0 Å². The van der Waals surface area contributed by atoms with E-state index in [4.69, 9.17) is 0 Å². The third-order valence-electron chi connectivity index (χ3n) is 11.6. The first-order valence-corrected chi connectivity index (χ1v) is 19.4. The number of anilines is 2. The van der Waals surface area contributed by atoms with Crippen molar-refractivity contribution < 1.29 is 0 Å². The van der Waals surface area contributed by atoms with E-state index < -0.39 is 0 Å². The van der Waals surface area contributed by atoms with Crippen molar-refractivity contribution in [1.82, 2.24) is 4.57 Å². The summed E-state index contributed by atoms with van der Waals surface area (Å²) in [7, 11) is 0. The molecule has 0 radical (unpaired) electrons. The average Bonchev–Trinajstić information content (AvgIpc) is 3.77. The fourth-order valence-electron chi connectivity index (χ4n) is 9.04. The Kier molecular flexibility index (Phi) is 7.91. The van der Waals surface area contributed by atoms with E-state index in [9.17, 15) is 0 Å². The second-order valence-electron chi connectivity index (χ2n) is 14.6. The Balaban J connectivity index is 0.000000863. The Hall–Kier alpha value is -6.38. The van der Waals surface area contributed by atoms with Crippen LogP contribution < -0.4 is 4.90 Å². The predicted octanol–water partition coefficient (Wildman–Crippen LogP) is 14.2. The van der Waals surface area contributed by atoms with Crippen molar-refractivity contribution in [2.45, 2.75) is 38.6 Å². The molecule has 0 saturated heterocycles. The van der Waals surface area contributed by atoms with Crippen LogP contribution in [0.3, 0.4) is 0 Å². The van der Waals surface area contributed by atoms with Gasteiger partial charge in [-0.2, -0.15) is 0 Å². The molecule has 54 heavy (non-hydrogen) atoms. The van der Waals surface area contributed by atoms with Gasteiger partial charge >= 0.3 is 0 Å². The minimum absolute atomic E-state index is 0.152. The zero-order valence-corrected chi connectivity index (χ0v) is 30.8. The molecule has 0 saturated carbocycles. The molecule has 0 spiro atoms. The number of unbranched alkanes of at least 4 members (excludes halogenated alkanes) is 1. The van der Waals surface area contributed by atoms with Gasteiger partial charge < -0.3 is 9.47 Å². The molecule has 2 heterocycles. The molecule has 1 aliphatic carbocycles. The monoisotopic (exact) mass is 694 g/mol. The zero-order valence-electron chi connectivity index (χ0n) is 30.8.